The van der Waals surface area contributed by atoms with Gasteiger partial charge in [0.2, 0.25) is 0 Å². The Hall–Kier alpha value is -0.0400. The zero-order valence-corrected chi connectivity index (χ0v) is 7.06. The lowest BCUT2D eigenvalue weighted by molar-refractivity contribution is 0.223. The lowest BCUT2D eigenvalue weighted by atomic mass is 9.97. The topological polar surface area (TPSA) is 3.24 Å². The van der Waals surface area contributed by atoms with E-state index in [9.17, 15) is 0 Å². The molecule has 1 nitrogen and oxygen atoms in total. The van der Waals surface area contributed by atoms with Gasteiger partial charge in [-0.3, -0.25) is 0 Å². The molecule has 0 radical (unpaired) electrons. The molecule has 1 atom stereocenters. The van der Waals surface area contributed by atoms with Crippen molar-refractivity contribution in [1.82, 2.24) is 4.90 Å². The number of rotatable bonds is 1. The molecule has 2 aliphatic rings. The number of likely N-dealkylation sites (tertiary alicyclic amines) is 1. The Balaban J connectivity index is 2.03. The van der Waals surface area contributed by atoms with Gasteiger partial charge in [0, 0.05) is 6.04 Å². The van der Waals surface area contributed by atoms with Gasteiger partial charge >= 0.3 is 0 Å². The van der Waals surface area contributed by atoms with Crippen molar-refractivity contribution >= 4 is 0 Å². The van der Waals surface area contributed by atoms with Crippen molar-refractivity contribution < 1.29 is 0 Å². The maximum Gasteiger partial charge on any atom is 0.0146 e. The normalized spacial score (nSPS) is 38.4. The third-order valence-electron chi connectivity index (χ3n) is 3.36. The largest absolute Gasteiger partial charge is 0.303 e. The molecule has 0 spiro atoms. The minimum Gasteiger partial charge on any atom is -0.303 e. The summed E-state index contributed by atoms with van der Waals surface area (Å²) < 4.78 is 0. The number of nitrogens with zero attached hydrogens (tertiary/aromatic N) is 1. The molecule has 0 unspecified atom stereocenters. The molecule has 1 heterocycles. The van der Waals surface area contributed by atoms with Crippen LogP contribution in [0.3, 0.4) is 0 Å². The van der Waals surface area contributed by atoms with Crippen LogP contribution >= 0.6 is 0 Å². The van der Waals surface area contributed by atoms with Crippen LogP contribution in [0.5, 0.6) is 0 Å². The third-order valence-corrected chi connectivity index (χ3v) is 3.36. The summed E-state index contributed by atoms with van der Waals surface area (Å²) in [6.45, 7) is 3.78. The van der Waals surface area contributed by atoms with E-state index in [1.54, 1.807) is 0 Å². The van der Waals surface area contributed by atoms with Gasteiger partial charge in [0.25, 0.3) is 0 Å². The Bertz CT molecular complexity index is 138. The van der Waals surface area contributed by atoms with Gasteiger partial charge in [-0.05, 0) is 44.7 Å². The average Bonchev–Trinajstić information content (AvgIpc) is 2.44. The third kappa shape index (κ3) is 0.878. The van der Waals surface area contributed by atoms with Gasteiger partial charge in [-0.25, -0.2) is 0 Å². The van der Waals surface area contributed by atoms with Crippen LogP contribution in [0.1, 0.15) is 32.6 Å². The molecule has 10 heavy (non-hydrogen) atoms. The molecule has 0 aromatic rings. The van der Waals surface area contributed by atoms with Crippen molar-refractivity contribution in [2.45, 2.75) is 38.6 Å². The molecule has 1 heteroatoms. The van der Waals surface area contributed by atoms with E-state index in [1.165, 1.54) is 32.2 Å². The fraction of sp³-hybridized carbons (Fsp3) is 1.00. The van der Waals surface area contributed by atoms with Gasteiger partial charge in [-0.2, -0.15) is 0 Å². The predicted octanol–water partition coefficient (Wildman–Crippen LogP) is 1.88. The Kier molecular flexibility index (Phi) is 1.31. The van der Waals surface area contributed by atoms with Gasteiger partial charge in [0.05, 0.1) is 0 Å². The van der Waals surface area contributed by atoms with Crippen LogP contribution in [0.25, 0.3) is 0 Å². The zero-order valence-electron chi connectivity index (χ0n) is 7.06. The van der Waals surface area contributed by atoms with E-state index in [0.717, 1.165) is 11.5 Å². The monoisotopic (exact) mass is 139 g/mol. The number of hydrogen-bond donors (Lipinski definition) is 0. The summed E-state index contributed by atoms with van der Waals surface area (Å²) in [6, 6.07) is 0.924. The first kappa shape index (κ1) is 6.66. The second-order valence-corrected chi connectivity index (χ2v) is 4.29. The molecular weight excluding hydrogens is 122 g/mol. The van der Waals surface area contributed by atoms with Crippen molar-refractivity contribution in [2.24, 2.45) is 5.41 Å². The molecular formula is C9H17N. The molecule has 0 aromatic carbocycles. The summed E-state index contributed by atoms with van der Waals surface area (Å²) >= 11 is 0. The Morgan fingerprint density at radius 2 is 2.10 bits per heavy atom. The Labute approximate surface area is 63.4 Å². The van der Waals surface area contributed by atoms with E-state index in [4.69, 9.17) is 0 Å². The van der Waals surface area contributed by atoms with Gasteiger partial charge in [-0.15, -0.1) is 0 Å². The highest BCUT2D eigenvalue weighted by Gasteiger charge is 2.47. The summed E-state index contributed by atoms with van der Waals surface area (Å²) in [7, 11) is 2.28. The highest BCUT2D eigenvalue weighted by Crippen LogP contribution is 2.52. The SMILES string of the molecule is CN1CCC[C@H]1C1(C)CC1. The molecule has 1 saturated carbocycles. The summed E-state index contributed by atoms with van der Waals surface area (Å²) in [5, 5.41) is 0. The van der Waals surface area contributed by atoms with Gasteiger partial charge < -0.3 is 4.90 Å². The minimum absolute atomic E-state index is 0.727. The van der Waals surface area contributed by atoms with Gasteiger partial charge in [0.15, 0.2) is 0 Å². The van der Waals surface area contributed by atoms with Gasteiger partial charge in [-0.1, -0.05) is 6.92 Å². The van der Waals surface area contributed by atoms with Crippen LogP contribution in [0.4, 0.5) is 0 Å². The van der Waals surface area contributed by atoms with E-state index in [2.05, 4.69) is 18.9 Å². The Morgan fingerprint density at radius 1 is 1.40 bits per heavy atom. The van der Waals surface area contributed by atoms with Crippen LogP contribution in [-0.2, 0) is 0 Å². The lowest BCUT2D eigenvalue weighted by Gasteiger charge is -2.25. The van der Waals surface area contributed by atoms with E-state index in [-0.39, 0.29) is 0 Å². The molecule has 1 aliphatic carbocycles. The molecule has 1 saturated heterocycles. The molecule has 2 fully saturated rings. The maximum atomic E-state index is 2.55. The Morgan fingerprint density at radius 3 is 2.50 bits per heavy atom. The average molecular weight is 139 g/mol. The number of hydrogen-bond acceptors (Lipinski definition) is 1. The van der Waals surface area contributed by atoms with E-state index < -0.39 is 0 Å². The molecule has 0 aromatic heterocycles. The summed E-state index contributed by atoms with van der Waals surface area (Å²) in [5.41, 5.74) is 0.727. The van der Waals surface area contributed by atoms with Crippen molar-refractivity contribution in [1.29, 1.82) is 0 Å². The van der Waals surface area contributed by atoms with Crippen molar-refractivity contribution in [2.75, 3.05) is 13.6 Å². The fourth-order valence-corrected chi connectivity index (χ4v) is 2.32. The molecule has 58 valence electrons. The summed E-state index contributed by atoms with van der Waals surface area (Å²) in [6.07, 6.45) is 5.83. The summed E-state index contributed by atoms with van der Waals surface area (Å²) in [5.74, 6) is 0. The van der Waals surface area contributed by atoms with E-state index in [1.807, 2.05) is 0 Å². The van der Waals surface area contributed by atoms with Crippen LogP contribution in [0, 0.1) is 5.41 Å². The molecule has 1 aliphatic heterocycles. The first-order chi connectivity index (χ1) is 4.72. The second kappa shape index (κ2) is 1.97. The quantitative estimate of drug-likeness (QED) is 0.536. The van der Waals surface area contributed by atoms with E-state index >= 15 is 0 Å². The van der Waals surface area contributed by atoms with Crippen molar-refractivity contribution in [3.63, 3.8) is 0 Å². The first-order valence-electron chi connectivity index (χ1n) is 4.43. The standard InChI is InChI=1S/C9H17N/c1-9(5-6-9)8-4-3-7-10(8)2/h8H,3-7H2,1-2H3/t8-/m0/s1. The van der Waals surface area contributed by atoms with E-state index in [0.29, 0.717) is 0 Å². The molecule has 2 rings (SSSR count). The maximum absolute atomic E-state index is 2.55. The fourth-order valence-electron chi connectivity index (χ4n) is 2.32. The van der Waals surface area contributed by atoms with Crippen molar-refractivity contribution in [3.8, 4) is 0 Å². The zero-order chi connectivity index (χ0) is 7.19. The molecule has 0 N–H and O–H groups in total. The van der Waals surface area contributed by atoms with Crippen LogP contribution < -0.4 is 0 Å². The van der Waals surface area contributed by atoms with Crippen LogP contribution in [0.15, 0.2) is 0 Å². The predicted molar refractivity (Wildman–Crippen MR) is 43.0 cm³/mol. The highest BCUT2D eigenvalue weighted by molar-refractivity contribution is 5.01. The molecule has 0 bridgehead atoms. The summed E-state index contributed by atoms with van der Waals surface area (Å²) in [4.78, 5) is 2.55. The smallest absolute Gasteiger partial charge is 0.0146 e. The van der Waals surface area contributed by atoms with Crippen LogP contribution in [0.2, 0.25) is 0 Å². The van der Waals surface area contributed by atoms with Crippen molar-refractivity contribution in [3.05, 3.63) is 0 Å². The van der Waals surface area contributed by atoms with Gasteiger partial charge in [0.1, 0.15) is 0 Å². The minimum atomic E-state index is 0.727. The lowest BCUT2D eigenvalue weighted by Crippen LogP contribution is -2.31. The molecule has 0 amide bonds. The highest BCUT2D eigenvalue weighted by atomic mass is 15.2. The first-order valence-corrected chi connectivity index (χ1v) is 4.43. The second-order valence-electron chi connectivity index (χ2n) is 4.29. The van der Waals surface area contributed by atoms with Crippen LogP contribution in [-0.4, -0.2) is 24.5 Å².